The number of carbonyl (C=O) groups excluding carboxylic acids is 1. The molecule has 0 aliphatic heterocycles. The van der Waals surface area contributed by atoms with Crippen LogP contribution in [-0.2, 0) is 0 Å². The van der Waals surface area contributed by atoms with Crippen LogP contribution in [0.25, 0.3) is 11.1 Å². The lowest BCUT2D eigenvalue weighted by atomic mass is 10.0. The number of halogens is 2. The molecule has 92 valence electrons. The highest BCUT2D eigenvalue weighted by Gasteiger charge is 2.09. The van der Waals surface area contributed by atoms with Crippen LogP contribution >= 0.6 is 11.6 Å². The van der Waals surface area contributed by atoms with E-state index in [4.69, 9.17) is 17.3 Å². The molecule has 0 aliphatic carbocycles. The van der Waals surface area contributed by atoms with Crippen LogP contribution < -0.4 is 5.73 Å². The summed E-state index contributed by atoms with van der Waals surface area (Å²) in [6.45, 7) is 1.47. The molecule has 0 saturated heterocycles. The molecule has 2 nitrogen and oxygen atoms in total. The van der Waals surface area contributed by atoms with Crippen molar-refractivity contribution in [2.45, 2.75) is 6.92 Å². The van der Waals surface area contributed by atoms with Crippen LogP contribution in [0.4, 0.5) is 10.1 Å². The second-order valence-electron chi connectivity index (χ2n) is 3.98. The van der Waals surface area contributed by atoms with Gasteiger partial charge in [0.15, 0.2) is 5.78 Å². The van der Waals surface area contributed by atoms with Crippen LogP contribution in [0.1, 0.15) is 17.3 Å². The van der Waals surface area contributed by atoms with E-state index in [0.717, 1.165) is 0 Å². The predicted molar refractivity (Wildman–Crippen MR) is 71.3 cm³/mol. The Balaban J connectivity index is 2.54. The summed E-state index contributed by atoms with van der Waals surface area (Å²) in [6.07, 6.45) is 0. The van der Waals surface area contributed by atoms with E-state index in [1.165, 1.54) is 19.1 Å². The number of nitrogen functional groups attached to an aromatic ring is 1. The summed E-state index contributed by atoms with van der Waals surface area (Å²) in [5, 5.41) is 0.289. The highest BCUT2D eigenvalue weighted by molar-refractivity contribution is 6.33. The maximum absolute atomic E-state index is 13.0. The Morgan fingerprint density at radius 3 is 2.39 bits per heavy atom. The Labute approximate surface area is 109 Å². The summed E-state index contributed by atoms with van der Waals surface area (Å²) in [5.74, 6) is -0.457. The van der Waals surface area contributed by atoms with E-state index in [9.17, 15) is 9.18 Å². The van der Waals surface area contributed by atoms with Crippen molar-refractivity contribution in [3.63, 3.8) is 0 Å². The molecule has 0 amide bonds. The third-order valence-electron chi connectivity index (χ3n) is 2.68. The molecule has 0 unspecified atom stereocenters. The van der Waals surface area contributed by atoms with Crippen LogP contribution in [0.15, 0.2) is 36.4 Å². The van der Waals surface area contributed by atoms with Gasteiger partial charge in [0.1, 0.15) is 5.82 Å². The van der Waals surface area contributed by atoms with Crippen molar-refractivity contribution in [3.8, 4) is 11.1 Å². The van der Waals surface area contributed by atoms with Crippen molar-refractivity contribution in [1.29, 1.82) is 0 Å². The van der Waals surface area contributed by atoms with E-state index in [-0.39, 0.29) is 10.8 Å². The minimum Gasteiger partial charge on any atom is -0.398 e. The van der Waals surface area contributed by atoms with Gasteiger partial charge in [-0.3, -0.25) is 4.79 Å². The van der Waals surface area contributed by atoms with Gasteiger partial charge in [0, 0.05) is 22.4 Å². The van der Waals surface area contributed by atoms with Gasteiger partial charge in [0.2, 0.25) is 0 Å². The average Bonchev–Trinajstić information content (AvgIpc) is 2.30. The number of nitrogens with two attached hydrogens (primary N) is 1. The van der Waals surface area contributed by atoms with E-state index < -0.39 is 5.82 Å². The zero-order valence-electron chi connectivity index (χ0n) is 9.71. The maximum atomic E-state index is 13.0. The molecule has 0 heterocycles. The smallest absolute Gasteiger partial charge is 0.159 e. The van der Waals surface area contributed by atoms with E-state index in [1.807, 2.05) is 0 Å². The third-order valence-corrected chi connectivity index (χ3v) is 2.99. The van der Waals surface area contributed by atoms with Gasteiger partial charge in [-0.2, -0.15) is 0 Å². The molecule has 0 spiro atoms. The number of Topliss-reactive ketones (excluding diaryl/α,β-unsaturated/α-hetero) is 1. The van der Waals surface area contributed by atoms with Crippen LogP contribution in [0.5, 0.6) is 0 Å². The summed E-state index contributed by atoms with van der Waals surface area (Å²) in [5.41, 5.74) is 8.20. The Morgan fingerprint density at radius 1 is 1.17 bits per heavy atom. The molecule has 0 radical (unpaired) electrons. The number of rotatable bonds is 2. The molecular weight excluding hydrogens is 253 g/mol. The standard InChI is InChI=1S/C14H11ClFNO/c1-8(18)9-2-4-12(14(17)6-9)11-5-3-10(16)7-13(11)15/h2-7H,17H2,1H3. The zero-order valence-corrected chi connectivity index (χ0v) is 10.5. The first-order valence-electron chi connectivity index (χ1n) is 5.35. The molecule has 0 bridgehead atoms. The largest absolute Gasteiger partial charge is 0.398 e. The Kier molecular flexibility index (Phi) is 3.34. The van der Waals surface area contributed by atoms with Gasteiger partial charge < -0.3 is 5.73 Å². The molecule has 4 heteroatoms. The van der Waals surface area contributed by atoms with Crippen molar-refractivity contribution in [1.82, 2.24) is 0 Å². The summed E-state index contributed by atoms with van der Waals surface area (Å²) in [7, 11) is 0. The highest BCUT2D eigenvalue weighted by atomic mass is 35.5. The monoisotopic (exact) mass is 263 g/mol. The lowest BCUT2D eigenvalue weighted by Crippen LogP contribution is -1.97. The van der Waals surface area contributed by atoms with Gasteiger partial charge >= 0.3 is 0 Å². The number of anilines is 1. The summed E-state index contributed by atoms with van der Waals surface area (Å²) >= 11 is 5.98. The molecule has 0 atom stereocenters. The minimum absolute atomic E-state index is 0.0570. The van der Waals surface area contributed by atoms with Gasteiger partial charge in [-0.05, 0) is 31.2 Å². The molecule has 0 aromatic heterocycles. The number of hydrogen-bond donors (Lipinski definition) is 1. The van der Waals surface area contributed by atoms with E-state index in [1.54, 1.807) is 24.3 Å². The zero-order chi connectivity index (χ0) is 13.3. The third kappa shape index (κ3) is 2.36. The number of hydrogen-bond acceptors (Lipinski definition) is 2. The van der Waals surface area contributed by atoms with Crippen molar-refractivity contribution >= 4 is 23.1 Å². The highest BCUT2D eigenvalue weighted by Crippen LogP contribution is 2.33. The fraction of sp³-hybridized carbons (Fsp3) is 0.0714. The van der Waals surface area contributed by atoms with Crippen molar-refractivity contribution < 1.29 is 9.18 Å². The molecule has 2 aromatic rings. The number of benzene rings is 2. The minimum atomic E-state index is -0.400. The van der Waals surface area contributed by atoms with Gasteiger partial charge in [0.25, 0.3) is 0 Å². The first-order chi connectivity index (χ1) is 8.49. The number of ketones is 1. The van der Waals surface area contributed by atoms with Gasteiger partial charge in [-0.1, -0.05) is 23.7 Å². The Morgan fingerprint density at radius 2 is 1.83 bits per heavy atom. The molecule has 2 aromatic carbocycles. The van der Waals surface area contributed by atoms with Crippen LogP contribution in [0.3, 0.4) is 0 Å². The fourth-order valence-electron chi connectivity index (χ4n) is 1.73. The average molecular weight is 264 g/mol. The van der Waals surface area contributed by atoms with Gasteiger partial charge in [0.05, 0.1) is 5.02 Å². The lowest BCUT2D eigenvalue weighted by molar-refractivity contribution is 0.101. The summed E-state index contributed by atoms with van der Waals surface area (Å²) in [4.78, 5) is 11.2. The molecule has 2 rings (SSSR count). The van der Waals surface area contributed by atoms with Gasteiger partial charge in [-0.15, -0.1) is 0 Å². The first-order valence-corrected chi connectivity index (χ1v) is 5.72. The van der Waals surface area contributed by atoms with Crippen LogP contribution in [0, 0.1) is 5.82 Å². The summed E-state index contributed by atoms with van der Waals surface area (Å²) in [6, 6.07) is 9.10. The molecule has 2 N–H and O–H groups in total. The predicted octanol–water partition coefficient (Wildman–Crippen LogP) is 3.93. The van der Waals surface area contributed by atoms with E-state index in [0.29, 0.717) is 22.4 Å². The van der Waals surface area contributed by atoms with Crippen molar-refractivity contribution in [2.75, 3.05) is 5.73 Å². The van der Waals surface area contributed by atoms with Crippen molar-refractivity contribution in [3.05, 3.63) is 52.8 Å². The maximum Gasteiger partial charge on any atom is 0.159 e. The Bertz CT molecular complexity index is 625. The number of carbonyl (C=O) groups is 1. The normalized spacial score (nSPS) is 10.4. The first kappa shape index (κ1) is 12.6. The topological polar surface area (TPSA) is 43.1 Å². The van der Waals surface area contributed by atoms with Gasteiger partial charge in [-0.25, -0.2) is 4.39 Å². The second-order valence-corrected chi connectivity index (χ2v) is 4.39. The quantitative estimate of drug-likeness (QED) is 0.659. The van der Waals surface area contributed by atoms with Crippen LogP contribution in [0.2, 0.25) is 5.02 Å². The SMILES string of the molecule is CC(=O)c1ccc(-c2ccc(F)cc2Cl)c(N)c1. The van der Waals surface area contributed by atoms with E-state index in [2.05, 4.69) is 0 Å². The molecule has 18 heavy (non-hydrogen) atoms. The Hall–Kier alpha value is -1.87. The summed E-state index contributed by atoms with van der Waals surface area (Å²) < 4.78 is 13.0. The second kappa shape index (κ2) is 4.78. The molecular formula is C14H11ClFNO. The fourth-order valence-corrected chi connectivity index (χ4v) is 2.00. The lowest BCUT2D eigenvalue weighted by Gasteiger charge is -2.09. The van der Waals surface area contributed by atoms with E-state index >= 15 is 0 Å². The van der Waals surface area contributed by atoms with Crippen LogP contribution in [-0.4, -0.2) is 5.78 Å². The molecule has 0 aliphatic rings. The molecule has 0 fully saturated rings. The molecule has 0 saturated carbocycles. The van der Waals surface area contributed by atoms with Crippen molar-refractivity contribution in [2.24, 2.45) is 0 Å².